The highest BCUT2D eigenvalue weighted by molar-refractivity contribution is 6.30. The maximum atomic E-state index is 13.0. The zero-order valence-corrected chi connectivity index (χ0v) is 16.3. The first-order valence-electron chi connectivity index (χ1n) is 8.51. The second-order valence-electron chi connectivity index (χ2n) is 6.21. The normalized spacial score (nSPS) is 10.9. The first-order chi connectivity index (χ1) is 12.9. The highest BCUT2D eigenvalue weighted by Gasteiger charge is 2.17. The fourth-order valence-corrected chi connectivity index (χ4v) is 3.21. The van der Waals surface area contributed by atoms with Crippen LogP contribution in [0.2, 0.25) is 10.0 Å². The molecule has 2 aromatic carbocycles. The SMILES string of the molecule is CCn1c(N)c(Cc2ccc(Cl)cc2)c(=O)n(Cc2ccc(Cl)cc2)c1=O. The lowest BCUT2D eigenvalue weighted by Crippen LogP contribution is -2.43. The standard InChI is InChI=1S/C20H19Cl2N3O2/c1-2-24-18(23)17(11-13-3-7-15(21)8-4-13)19(26)25(20(24)27)12-14-5-9-16(22)10-6-14/h3-10H,2,11-12,23H2,1H3. The van der Waals surface area contributed by atoms with Crippen molar-refractivity contribution in [3.63, 3.8) is 0 Å². The van der Waals surface area contributed by atoms with Crippen LogP contribution in [-0.4, -0.2) is 9.13 Å². The predicted octanol–water partition coefficient (Wildman–Crippen LogP) is 3.56. The molecule has 5 nitrogen and oxygen atoms in total. The molecule has 7 heteroatoms. The number of nitrogens with two attached hydrogens (primary N) is 1. The van der Waals surface area contributed by atoms with Crippen LogP contribution in [0.4, 0.5) is 5.82 Å². The summed E-state index contributed by atoms with van der Waals surface area (Å²) in [6, 6.07) is 14.2. The van der Waals surface area contributed by atoms with Gasteiger partial charge in [-0.05, 0) is 42.3 Å². The van der Waals surface area contributed by atoms with E-state index >= 15 is 0 Å². The summed E-state index contributed by atoms with van der Waals surface area (Å²) in [5, 5.41) is 1.21. The molecule has 1 heterocycles. The predicted molar refractivity (Wildman–Crippen MR) is 110 cm³/mol. The Morgan fingerprint density at radius 3 is 1.89 bits per heavy atom. The van der Waals surface area contributed by atoms with E-state index in [9.17, 15) is 9.59 Å². The average molecular weight is 404 g/mol. The summed E-state index contributed by atoms with van der Waals surface area (Å²) < 4.78 is 2.64. The van der Waals surface area contributed by atoms with Crippen LogP contribution < -0.4 is 17.0 Å². The van der Waals surface area contributed by atoms with Gasteiger partial charge in [-0.1, -0.05) is 47.5 Å². The van der Waals surface area contributed by atoms with E-state index in [1.165, 1.54) is 9.13 Å². The third-order valence-electron chi connectivity index (χ3n) is 4.43. The van der Waals surface area contributed by atoms with Gasteiger partial charge in [-0.25, -0.2) is 4.79 Å². The fraction of sp³-hybridized carbons (Fsp3) is 0.200. The van der Waals surface area contributed by atoms with Gasteiger partial charge in [0.2, 0.25) is 0 Å². The van der Waals surface area contributed by atoms with Crippen LogP contribution in [0, 0.1) is 0 Å². The molecule has 0 saturated heterocycles. The largest absolute Gasteiger partial charge is 0.385 e. The topological polar surface area (TPSA) is 70.0 Å². The highest BCUT2D eigenvalue weighted by Crippen LogP contribution is 2.16. The lowest BCUT2D eigenvalue weighted by molar-refractivity contribution is 0.599. The van der Waals surface area contributed by atoms with E-state index < -0.39 is 5.69 Å². The minimum absolute atomic E-state index is 0.155. The second kappa shape index (κ2) is 8.03. The molecule has 27 heavy (non-hydrogen) atoms. The Balaban J connectivity index is 2.10. The molecule has 0 atom stereocenters. The van der Waals surface area contributed by atoms with Crippen LogP contribution in [0.3, 0.4) is 0 Å². The summed E-state index contributed by atoms with van der Waals surface area (Å²) in [5.41, 5.74) is 7.45. The Morgan fingerprint density at radius 1 is 0.852 bits per heavy atom. The van der Waals surface area contributed by atoms with E-state index in [1.54, 1.807) is 36.4 Å². The number of nitrogen functional groups attached to an aromatic ring is 1. The number of anilines is 1. The molecule has 3 rings (SSSR count). The van der Waals surface area contributed by atoms with Crippen LogP contribution in [0.5, 0.6) is 0 Å². The molecule has 0 radical (unpaired) electrons. The van der Waals surface area contributed by atoms with Gasteiger partial charge in [0, 0.05) is 23.0 Å². The number of rotatable bonds is 5. The minimum atomic E-state index is -0.421. The molecule has 3 aromatic rings. The summed E-state index contributed by atoms with van der Waals surface area (Å²) in [6.07, 6.45) is 0.322. The summed E-state index contributed by atoms with van der Waals surface area (Å²) in [6.45, 7) is 2.35. The molecule has 0 aliphatic carbocycles. The van der Waals surface area contributed by atoms with Gasteiger partial charge in [0.25, 0.3) is 5.56 Å². The number of halogens is 2. The van der Waals surface area contributed by atoms with E-state index in [2.05, 4.69) is 0 Å². The van der Waals surface area contributed by atoms with Gasteiger partial charge in [0.15, 0.2) is 0 Å². The second-order valence-corrected chi connectivity index (χ2v) is 7.08. The Bertz CT molecular complexity index is 1070. The number of hydrogen-bond acceptors (Lipinski definition) is 3. The van der Waals surface area contributed by atoms with Gasteiger partial charge in [0.1, 0.15) is 5.82 Å². The van der Waals surface area contributed by atoms with Crippen molar-refractivity contribution >= 4 is 29.0 Å². The van der Waals surface area contributed by atoms with Crippen molar-refractivity contribution < 1.29 is 0 Å². The molecular weight excluding hydrogens is 385 g/mol. The molecule has 0 aliphatic rings. The van der Waals surface area contributed by atoms with Crippen LogP contribution in [0.25, 0.3) is 0 Å². The van der Waals surface area contributed by atoms with Crippen molar-refractivity contribution in [2.24, 2.45) is 0 Å². The van der Waals surface area contributed by atoms with E-state index in [-0.39, 0.29) is 17.9 Å². The van der Waals surface area contributed by atoms with Crippen LogP contribution >= 0.6 is 23.2 Å². The number of benzene rings is 2. The molecule has 0 spiro atoms. The Kier molecular flexibility index (Phi) is 5.73. The van der Waals surface area contributed by atoms with E-state index in [4.69, 9.17) is 28.9 Å². The van der Waals surface area contributed by atoms with E-state index in [0.717, 1.165) is 11.1 Å². The Labute approximate surface area is 166 Å². The lowest BCUT2D eigenvalue weighted by Gasteiger charge is -2.16. The van der Waals surface area contributed by atoms with Crippen molar-refractivity contribution in [1.29, 1.82) is 0 Å². The molecule has 0 fully saturated rings. The first kappa shape index (κ1) is 19.3. The smallest absolute Gasteiger partial charge is 0.332 e. The van der Waals surface area contributed by atoms with Gasteiger partial charge >= 0.3 is 5.69 Å². The van der Waals surface area contributed by atoms with Gasteiger partial charge in [-0.15, -0.1) is 0 Å². The number of hydrogen-bond donors (Lipinski definition) is 1. The van der Waals surface area contributed by atoms with Crippen molar-refractivity contribution in [1.82, 2.24) is 9.13 Å². The molecule has 0 aliphatic heterocycles. The Morgan fingerprint density at radius 2 is 1.37 bits per heavy atom. The van der Waals surface area contributed by atoms with E-state index in [0.29, 0.717) is 28.6 Å². The quantitative estimate of drug-likeness (QED) is 0.707. The molecule has 0 saturated carbocycles. The van der Waals surface area contributed by atoms with Crippen LogP contribution in [-0.2, 0) is 19.5 Å². The van der Waals surface area contributed by atoms with Crippen LogP contribution in [0.1, 0.15) is 23.6 Å². The zero-order valence-electron chi connectivity index (χ0n) is 14.8. The third kappa shape index (κ3) is 4.10. The summed E-state index contributed by atoms with van der Waals surface area (Å²) in [5.74, 6) is 0.204. The summed E-state index contributed by atoms with van der Waals surface area (Å²) in [7, 11) is 0. The van der Waals surface area contributed by atoms with Crippen molar-refractivity contribution in [2.75, 3.05) is 5.73 Å². The molecular formula is C20H19Cl2N3O2. The summed E-state index contributed by atoms with van der Waals surface area (Å²) >= 11 is 11.8. The molecule has 1 aromatic heterocycles. The first-order valence-corrected chi connectivity index (χ1v) is 9.27. The fourth-order valence-electron chi connectivity index (χ4n) is 2.96. The number of nitrogens with zero attached hydrogens (tertiary/aromatic N) is 2. The van der Waals surface area contributed by atoms with Crippen molar-refractivity contribution in [3.05, 3.63) is 96.1 Å². The van der Waals surface area contributed by atoms with Crippen LogP contribution in [0.15, 0.2) is 58.1 Å². The average Bonchev–Trinajstić information content (AvgIpc) is 2.66. The molecule has 2 N–H and O–H groups in total. The van der Waals surface area contributed by atoms with Gasteiger partial charge in [0.05, 0.1) is 12.1 Å². The third-order valence-corrected chi connectivity index (χ3v) is 4.93. The van der Waals surface area contributed by atoms with Crippen molar-refractivity contribution in [3.8, 4) is 0 Å². The van der Waals surface area contributed by atoms with Crippen molar-refractivity contribution in [2.45, 2.75) is 26.4 Å². The molecule has 0 amide bonds. The van der Waals surface area contributed by atoms with Gasteiger partial charge < -0.3 is 5.73 Å². The van der Waals surface area contributed by atoms with E-state index in [1.807, 2.05) is 19.1 Å². The van der Waals surface area contributed by atoms with Gasteiger partial charge in [-0.3, -0.25) is 13.9 Å². The number of aromatic nitrogens is 2. The molecule has 0 unspecified atom stereocenters. The minimum Gasteiger partial charge on any atom is -0.385 e. The summed E-state index contributed by atoms with van der Waals surface area (Å²) in [4.78, 5) is 25.8. The lowest BCUT2D eigenvalue weighted by atomic mass is 10.1. The molecule has 140 valence electrons. The molecule has 0 bridgehead atoms. The maximum absolute atomic E-state index is 13.0. The monoisotopic (exact) mass is 403 g/mol. The Hall–Kier alpha value is -2.50. The zero-order chi connectivity index (χ0) is 19.6. The maximum Gasteiger partial charge on any atom is 0.332 e. The highest BCUT2D eigenvalue weighted by atomic mass is 35.5. The van der Waals surface area contributed by atoms with Gasteiger partial charge in [-0.2, -0.15) is 0 Å².